The van der Waals surface area contributed by atoms with Gasteiger partial charge in [0.15, 0.2) is 11.6 Å². The molecule has 3 heterocycles. The highest BCUT2D eigenvalue weighted by Crippen LogP contribution is 2.35. The van der Waals surface area contributed by atoms with E-state index in [1.165, 1.54) is 35.4 Å². The van der Waals surface area contributed by atoms with Crippen molar-refractivity contribution in [2.24, 2.45) is 0 Å². The van der Waals surface area contributed by atoms with Crippen molar-refractivity contribution in [2.75, 3.05) is 36.6 Å². The lowest BCUT2D eigenvalue weighted by Gasteiger charge is -2.28. The van der Waals surface area contributed by atoms with E-state index in [0.717, 1.165) is 12.1 Å². The van der Waals surface area contributed by atoms with E-state index in [-0.39, 0.29) is 48.7 Å². The highest BCUT2D eigenvalue weighted by atomic mass is 19.4. The van der Waals surface area contributed by atoms with Crippen LogP contribution >= 0.6 is 0 Å². The van der Waals surface area contributed by atoms with Crippen LogP contribution in [-0.4, -0.2) is 63.7 Å². The largest absolute Gasteiger partial charge is 0.488 e. The average Bonchev–Trinajstić information content (AvgIpc) is 2.86. The number of fused-ring (bicyclic) bond motifs is 1. The molecule has 35 heavy (non-hydrogen) atoms. The number of aromatic nitrogens is 3. The Hall–Kier alpha value is -3.97. The standard InChI is InChI=1S/C22H20F3N5O5/c23-22(24,25)14-3-1-2-13(10-14)16-4-5-17-19(27-16)30(8-9-34-17)21(33)29-18-6-7-26-20(28-18)35-12-15(32)11-31/h1-7,10,15,31-32H,8-9,11-12H2,(H,26,28,29,33). The van der Waals surface area contributed by atoms with E-state index < -0.39 is 30.5 Å². The number of anilines is 2. The van der Waals surface area contributed by atoms with Crippen molar-refractivity contribution in [3.8, 4) is 23.0 Å². The first-order valence-electron chi connectivity index (χ1n) is 10.4. The minimum absolute atomic E-state index is 0.0977. The molecule has 0 aliphatic carbocycles. The van der Waals surface area contributed by atoms with Crippen LogP contribution in [0.2, 0.25) is 0 Å². The fourth-order valence-corrected chi connectivity index (χ4v) is 3.19. The highest BCUT2D eigenvalue weighted by Gasteiger charge is 2.31. The number of amides is 2. The molecule has 3 N–H and O–H groups in total. The minimum Gasteiger partial charge on any atom is -0.488 e. The molecule has 10 nitrogen and oxygen atoms in total. The number of nitrogens with one attached hydrogen (secondary N) is 1. The summed E-state index contributed by atoms with van der Waals surface area (Å²) in [5.41, 5.74) is -0.344. The van der Waals surface area contributed by atoms with E-state index >= 15 is 0 Å². The maximum Gasteiger partial charge on any atom is 0.416 e. The summed E-state index contributed by atoms with van der Waals surface area (Å²) in [5, 5.41) is 20.8. The van der Waals surface area contributed by atoms with Gasteiger partial charge in [-0.1, -0.05) is 12.1 Å². The number of urea groups is 1. The topological polar surface area (TPSA) is 130 Å². The smallest absolute Gasteiger partial charge is 0.416 e. The highest BCUT2D eigenvalue weighted by molar-refractivity contribution is 6.01. The first-order valence-corrected chi connectivity index (χ1v) is 10.4. The predicted octanol–water partition coefficient (Wildman–Crippen LogP) is 2.72. The summed E-state index contributed by atoms with van der Waals surface area (Å²) in [6.07, 6.45) is -4.28. The van der Waals surface area contributed by atoms with Gasteiger partial charge in [-0.15, -0.1) is 0 Å². The van der Waals surface area contributed by atoms with Crippen LogP contribution in [0.4, 0.5) is 29.6 Å². The number of hydrogen-bond acceptors (Lipinski definition) is 8. The predicted molar refractivity (Wildman–Crippen MR) is 117 cm³/mol. The summed E-state index contributed by atoms with van der Waals surface area (Å²) in [6, 6.07) is 8.48. The number of rotatable bonds is 6. The molecule has 13 heteroatoms. The van der Waals surface area contributed by atoms with Crippen LogP contribution < -0.4 is 19.7 Å². The summed E-state index contributed by atoms with van der Waals surface area (Å²) in [4.78, 5) is 26.6. The molecule has 184 valence electrons. The van der Waals surface area contributed by atoms with Crippen molar-refractivity contribution in [3.05, 3.63) is 54.2 Å². The molecule has 0 saturated carbocycles. The quantitative estimate of drug-likeness (QED) is 0.480. The third-order valence-electron chi connectivity index (χ3n) is 4.88. The monoisotopic (exact) mass is 491 g/mol. The van der Waals surface area contributed by atoms with Gasteiger partial charge in [0.25, 0.3) is 0 Å². The fourth-order valence-electron chi connectivity index (χ4n) is 3.19. The molecule has 0 fully saturated rings. The number of nitrogens with zero attached hydrogens (tertiary/aromatic N) is 4. The van der Waals surface area contributed by atoms with Crippen LogP contribution in [0.15, 0.2) is 48.7 Å². The SMILES string of the molecule is O=C(Nc1ccnc(OCC(O)CO)n1)N1CCOc2ccc(-c3cccc(C(F)(F)F)c3)nc21. The molecular formula is C22H20F3N5O5. The van der Waals surface area contributed by atoms with Gasteiger partial charge in [-0.2, -0.15) is 18.2 Å². The molecule has 0 radical (unpaired) electrons. The number of carbonyl (C=O) groups excluding carboxylic acids is 1. The number of halogens is 3. The van der Waals surface area contributed by atoms with Gasteiger partial charge in [-0.05, 0) is 30.3 Å². The third-order valence-corrected chi connectivity index (χ3v) is 4.88. The number of carbonyl (C=O) groups is 1. The number of aliphatic hydroxyl groups excluding tert-OH is 2. The Morgan fingerprint density at radius 1 is 1.23 bits per heavy atom. The van der Waals surface area contributed by atoms with Crippen molar-refractivity contribution >= 4 is 17.7 Å². The second kappa shape index (κ2) is 10.1. The van der Waals surface area contributed by atoms with Crippen molar-refractivity contribution < 1.29 is 37.7 Å². The maximum absolute atomic E-state index is 13.1. The van der Waals surface area contributed by atoms with Gasteiger partial charge in [0.2, 0.25) is 0 Å². The van der Waals surface area contributed by atoms with Gasteiger partial charge < -0.3 is 19.7 Å². The summed E-state index contributed by atoms with van der Waals surface area (Å²) in [5.74, 6) is 0.535. The molecule has 1 atom stereocenters. The van der Waals surface area contributed by atoms with Gasteiger partial charge in [0, 0.05) is 11.8 Å². The zero-order valence-electron chi connectivity index (χ0n) is 18.1. The molecule has 1 aliphatic rings. The molecule has 2 aromatic heterocycles. The molecule has 1 aromatic carbocycles. The van der Waals surface area contributed by atoms with Gasteiger partial charge in [-0.25, -0.2) is 14.8 Å². The Labute approximate surface area is 197 Å². The van der Waals surface area contributed by atoms with Crippen LogP contribution in [0.25, 0.3) is 11.3 Å². The molecular weight excluding hydrogens is 471 g/mol. The van der Waals surface area contributed by atoms with Crippen LogP contribution in [-0.2, 0) is 6.18 Å². The summed E-state index contributed by atoms with van der Waals surface area (Å²) < 4.78 is 50.1. The Bertz CT molecular complexity index is 1210. The Morgan fingerprint density at radius 3 is 2.83 bits per heavy atom. The zero-order chi connectivity index (χ0) is 25.0. The number of ether oxygens (including phenoxy) is 2. The number of pyridine rings is 1. The fraction of sp³-hybridized carbons (Fsp3) is 0.273. The summed E-state index contributed by atoms with van der Waals surface area (Å²) in [7, 11) is 0. The number of alkyl halides is 3. The normalized spacial score (nSPS) is 14.0. The number of benzene rings is 1. The van der Waals surface area contributed by atoms with Crippen LogP contribution in [0.1, 0.15) is 5.56 Å². The lowest BCUT2D eigenvalue weighted by molar-refractivity contribution is -0.137. The van der Waals surface area contributed by atoms with Gasteiger partial charge in [0.1, 0.15) is 25.1 Å². The third kappa shape index (κ3) is 5.75. The summed E-state index contributed by atoms with van der Waals surface area (Å²) >= 11 is 0. The zero-order valence-corrected chi connectivity index (χ0v) is 18.1. The lowest BCUT2D eigenvalue weighted by atomic mass is 10.1. The molecule has 2 amide bonds. The van der Waals surface area contributed by atoms with Crippen molar-refractivity contribution in [1.82, 2.24) is 15.0 Å². The van der Waals surface area contributed by atoms with Gasteiger partial charge >= 0.3 is 18.2 Å². The van der Waals surface area contributed by atoms with E-state index in [2.05, 4.69) is 20.3 Å². The van der Waals surface area contributed by atoms with Crippen molar-refractivity contribution in [3.63, 3.8) is 0 Å². The Morgan fingerprint density at radius 2 is 2.06 bits per heavy atom. The van der Waals surface area contributed by atoms with Crippen molar-refractivity contribution in [1.29, 1.82) is 0 Å². The van der Waals surface area contributed by atoms with Gasteiger partial charge in [-0.3, -0.25) is 10.2 Å². The maximum atomic E-state index is 13.1. The Balaban J connectivity index is 1.55. The van der Waals surface area contributed by atoms with Gasteiger partial charge in [0.05, 0.1) is 24.4 Å². The first-order chi connectivity index (χ1) is 16.7. The van der Waals surface area contributed by atoms with E-state index in [0.29, 0.717) is 5.75 Å². The summed E-state index contributed by atoms with van der Waals surface area (Å²) in [6.45, 7) is -0.424. The molecule has 1 unspecified atom stereocenters. The van der Waals surface area contributed by atoms with Crippen LogP contribution in [0, 0.1) is 0 Å². The number of aliphatic hydroxyl groups is 2. The molecule has 0 bridgehead atoms. The van der Waals surface area contributed by atoms with E-state index in [1.807, 2.05) is 0 Å². The minimum atomic E-state index is -4.50. The molecule has 4 rings (SSSR count). The van der Waals surface area contributed by atoms with E-state index in [4.69, 9.17) is 14.6 Å². The second-order valence-electron chi connectivity index (χ2n) is 7.40. The molecule has 0 spiro atoms. The average molecular weight is 491 g/mol. The van der Waals surface area contributed by atoms with Crippen molar-refractivity contribution in [2.45, 2.75) is 12.3 Å². The number of hydrogen-bond donors (Lipinski definition) is 3. The van der Waals surface area contributed by atoms with Crippen LogP contribution in [0.5, 0.6) is 11.8 Å². The Kier molecular flexibility index (Phi) is 6.98. The second-order valence-corrected chi connectivity index (χ2v) is 7.40. The lowest BCUT2D eigenvalue weighted by Crippen LogP contribution is -2.41. The molecule has 1 aliphatic heterocycles. The van der Waals surface area contributed by atoms with E-state index in [9.17, 15) is 23.1 Å². The first kappa shape index (κ1) is 24.2. The molecule has 3 aromatic rings. The van der Waals surface area contributed by atoms with Crippen LogP contribution in [0.3, 0.4) is 0 Å². The molecule has 0 saturated heterocycles. The van der Waals surface area contributed by atoms with E-state index in [1.54, 1.807) is 6.07 Å².